The molecule has 12 heavy (non-hydrogen) atoms. The summed E-state index contributed by atoms with van der Waals surface area (Å²) in [6.07, 6.45) is -1.77. The van der Waals surface area contributed by atoms with Crippen LogP contribution in [0.1, 0.15) is 6.42 Å². The molecular formula is C7H13NO4. The average molecular weight is 175 g/mol. The maximum absolute atomic E-state index is 9.91. The first-order chi connectivity index (χ1) is 5.68. The first-order valence-corrected chi connectivity index (χ1v) is 4.06. The molecule has 2 heterocycles. The van der Waals surface area contributed by atoms with E-state index in [-0.39, 0.29) is 6.54 Å². The van der Waals surface area contributed by atoms with Gasteiger partial charge in [0.2, 0.25) is 0 Å². The fourth-order valence-corrected chi connectivity index (χ4v) is 1.82. The molecular weight excluding hydrogens is 162 g/mol. The van der Waals surface area contributed by atoms with Crippen molar-refractivity contribution in [1.29, 1.82) is 0 Å². The molecule has 0 aromatic carbocycles. The van der Waals surface area contributed by atoms with Gasteiger partial charge in [0.15, 0.2) is 6.29 Å². The van der Waals surface area contributed by atoms with E-state index in [2.05, 4.69) is 0 Å². The fraction of sp³-hybridized carbons (Fsp3) is 1.00. The highest BCUT2D eigenvalue weighted by atomic mass is 16.7. The summed E-state index contributed by atoms with van der Waals surface area (Å²) in [6.45, 7) is 0.613. The average Bonchev–Trinajstić information content (AvgIpc) is 2.22. The Balaban J connectivity index is 2.23. The van der Waals surface area contributed by atoms with Crippen LogP contribution in [0.25, 0.3) is 0 Å². The van der Waals surface area contributed by atoms with Gasteiger partial charge >= 0.3 is 0 Å². The van der Waals surface area contributed by atoms with Gasteiger partial charge in [-0.1, -0.05) is 0 Å². The van der Waals surface area contributed by atoms with Gasteiger partial charge in [0.25, 0.3) is 0 Å². The van der Waals surface area contributed by atoms with Crippen molar-refractivity contribution in [1.82, 2.24) is 0 Å². The predicted octanol–water partition coefficient (Wildman–Crippen LogP) is -1.82. The molecule has 2 aliphatic heterocycles. The number of hydrogen-bond acceptors (Lipinski definition) is 5. The Hall–Kier alpha value is -0.200. The van der Waals surface area contributed by atoms with Crippen LogP contribution in [0.3, 0.4) is 0 Å². The van der Waals surface area contributed by atoms with Crippen molar-refractivity contribution in [3.8, 4) is 0 Å². The lowest BCUT2D eigenvalue weighted by molar-refractivity contribution is -0.188. The molecule has 0 aromatic heterocycles. The topological polar surface area (TPSA) is 84.9 Å². The largest absolute Gasteiger partial charge is 0.385 e. The lowest BCUT2D eigenvalue weighted by Gasteiger charge is -2.32. The maximum Gasteiger partial charge on any atom is 0.186 e. The standard InChI is InChI=1S/C7H13NO4/c8-3-4-7(10)1-2-11-6(12-4)5(7)9/h4-6,9-10H,1-3,8H2/t4-,5?,6?,7?/m0/s1. The summed E-state index contributed by atoms with van der Waals surface area (Å²) in [5.41, 5.74) is 4.19. The molecule has 0 aromatic rings. The Morgan fingerprint density at radius 1 is 1.58 bits per heavy atom. The van der Waals surface area contributed by atoms with Crippen LogP contribution in [-0.4, -0.2) is 47.5 Å². The monoisotopic (exact) mass is 175 g/mol. The molecule has 4 N–H and O–H groups in total. The molecule has 4 atom stereocenters. The summed E-state index contributed by atoms with van der Waals surface area (Å²) in [5.74, 6) is 0. The molecule has 70 valence electrons. The van der Waals surface area contributed by atoms with Gasteiger partial charge in [-0.3, -0.25) is 0 Å². The van der Waals surface area contributed by atoms with E-state index in [4.69, 9.17) is 15.2 Å². The maximum atomic E-state index is 9.91. The highest BCUT2D eigenvalue weighted by molar-refractivity contribution is 5.03. The zero-order chi connectivity index (χ0) is 8.77. The van der Waals surface area contributed by atoms with Gasteiger partial charge in [-0.15, -0.1) is 0 Å². The number of hydrogen-bond donors (Lipinski definition) is 3. The van der Waals surface area contributed by atoms with Crippen LogP contribution in [0, 0.1) is 0 Å². The molecule has 0 radical (unpaired) electrons. The van der Waals surface area contributed by atoms with Crippen LogP contribution in [0.5, 0.6) is 0 Å². The molecule has 2 aliphatic rings. The van der Waals surface area contributed by atoms with Crippen molar-refractivity contribution in [3.63, 3.8) is 0 Å². The molecule has 2 bridgehead atoms. The molecule has 2 rings (SSSR count). The van der Waals surface area contributed by atoms with E-state index in [1.807, 2.05) is 0 Å². The first-order valence-electron chi connectivity index (χ1n) is 4.06. The predicted molar refractivity (Wildman–Crippen MR) is 39.2 cm³/mol. The Kier molecular flexibility index (Phi) is 1.85. The van der Waals surface area contributed by atoms with Crippen molar-refractivity contribution in [2.75, 3.05) is 13.2 Å². The highest BCUT2D eigenvalue weighted by Gasteiger charge is 2.57. The van der Waals surface area contributed by atoms with Gasteiger partial charge in [0, 0.05) is 13.0 Å². The Morgan fingerprint density at radius 2 is 2.33 bits per heavy atom. The summed E-state index contributed by atoms with van der Waals surface area (Å²) in [4.78, 5) is 0. The van der Waals surface area contributed by atoms with Gasteiger partial charge in [0.1, 0.15) is 17.8 Å². The van der Waals surface area contributed by atoms with Crippen LogP contribution < -0.4 is 5.73 Å². The Morgan fingerprint density at radius 3 is 2.92 bits per heavy atom. The van der Waals surface area contributed by atoms with Crippen molar-refractivity contribution >= 4 is 0 Å². The second-order valence-corrected chi connectivity index (χ2v) is 3.29. The molecule has 5 nitrogen and oxygen atoms in total. The second kappa shape index (κ2) is 2.65. The summed E-state index contributed by atoms with van der Waals surface area (Å²) in [7, 11) is 0. The van der Waals surface area contributed by atoms with Crippen LogP contribution in [0.15, 0.2) is 0 Å². The van der Waals surface area contributed by atoms with E-state index < -0.39 is 24.1 Å². The molecule has 0 aliphatic carbocycles. The lowest BCUT2D eigenvalue weighted by atomic mass is 9.88. The summed E-state index contributed by atoms with van der Waals surface area (Å²) < 4.78 is 10.3. The van der Waals surface area contributed by atoms with Crippen LogP contribution >= 0.6 is 0 Å². The summed E-state index contributed by atoms with van der Waals surface area (Å²) in [6, 6.07) is 0. The molecule has 0 saturated carbocycles. The normalized spacial score (nSPS) is 52.8. The first kappa shape index (κ1) is 8.40. The molecule has 5 heteroatoms. The van der Waals surface area contributed by atoms with Gasteiger partial charge in [-0.2, -0.15) is 0 Å². The number of aliphatic hydroxyl groups is 2. The minimum absolute atomic E-state index is 0.202. The van der Waals surface area contributed by atoms with E-state index >= 15 is 0 Å². The third kappa shape index (κ3) is 0.915. The SMILES string of the molecule is NC[C@@H]1OC2OCCC1(O)C2O. The smallest absolute Gasteiger partial charge is 0.186 e. The lowest BCUT2D eigenvalue weighted by Crippen LogP contribution is -2.53. The molecule has 0 amide bonds. The van der Waals surface area contributed by atoms with E-state index in [1.54, 1.807) is 0 Å². The van der Waals surface area contributed by atoms with Crippen molar-refractivity contribution in [3.05, 3.63) is 0 Å². The van der Waals surface area contributed by atoms with E-state index in [1.165, 1.54) is 0 Å². The van der Waals surface area contributed by atoms with Crippen LogP contribution in [0.2, 0.25) is 0 Å². The zero-order valence-corrected chi connectivity index (χ0v) is 6.64. The zero-order valence-electron chi connectivity index (χ0n) is 6.64. The van der Waals surface area contributed by atoms with Gasteiger partial charge < -0.3 is 25.4 Å². The molecule has 0 spiro atoms. The van der Waals surface area contributed by atoms with Crippen molar-refractivity contribution < 1.29 is 19.7 Å². The number of nitrogens with two attached hydrogens (primary N) is 1. The quantitative estimate of drug-likeness (QED) is 0.437. The number of aliphatic hydroxyl groups excluding tert-OH is 1. The molecule has 2 fully saturated rings. The summed E-state index contributed by atoms with van der Waals surface area (Å²) in [5, 5.41) is 19.4. The van der Waals surface area contributed by atoms with Gasteiger partial charge in [-0.05, 0) is 0 Å². The minimum atomic E-state index is -1.20. The second-order valence-electron chi connectivity index (χ2n) is 3.29. The number of fused-ring (bicyclic) bond motifs is 2. The molecule has 3 unspecified atom stereocenters. The third-order valence-electron chi connectivity index (χ3n) is 2.62. The number of ether oxygens (including phenoxy) is 2. The van der Waals surface area contributed by atoms with Crippen LogP contribution in [0.4, 0.5) is 0 Å². The third-order valence-corrected chi connectivity index (χ3v) is 2.62. The number of rotatable bonds is 1. The van der Waals surface area contributed by atoms with Crippen LogP contribution in [-0.2, 0) is 9.47 Å². The van der Waals surface area contributed by atoms with E-state index in [9.17, 15) is 10.2 Å². The minimum Gasteiger partial charge on any atom is -0.385 e. The van der Waals surface area contributed by atoms with Crippen molar-refractivity contribution in [2.24, 2.45) is 5.73 Å². The fourth-order valence-electron chi connectivity index (χ4n) is 1.82. The summed E-state index contributed by atoms with van der Waals surface area (Å²) >= 11 is 0. The molecule has 2 saturated heterocycles. The van der Waals surface area contributed by atoms with Crippen molar-refractivity contribution in [2.45, 2.75) is 30.5 Å². The van der Waals surface area contributed by atoms with E-state index in [0.29, 0.717) is 13.0 Å². The highest BCUT2D eigenvalue weighted by Crippen LogP contribution is 2.37. The van der Waals surface area contributed by atoms with Gasteiger partial charge in [0.05, 0.1) is 6.61 Å². The Labute approximate surface area is 70.1 Å². The van der Waals surface area contributed by atoms with Gasteiger partial charge in [-0.25, -0.2) is 0 Å². The Bertz CT molecular complexity index is 188. The van der Waals surface area contributed by atoms with E-state index in [0.717, 1.165) is 0 Å².